The van der Waals surface area contributed by atoms with E-state index >= 15 is 0 Å². The van der Waals surface area contributed by atoms with Crippen LogP contribution in [0.25, 0.3) is 0 Å². The van der Waals surface area contributed by atoms with Crippen molar-refractivity contribution in [3.05, 3.63) is 94.2 Å². The molecule has 1 heterocycles. The Labute approximate surface area is 241 Å². The van der Waals surface area contributed by atoms with E-state index < -0.39 is 35.0 Å². The van der Waals surface area contributed by atoms with Crippen LogP contribution in [0.1, 0.15) is 45.1 Å². The van der Waals surface area contributed by atoms with Crippen LogP contribution in [-0.4, -0.2) is 53.1 Å². The molecule has 1 amide bonds. The quantitative estimate of drug-likeness (QED) is 0.357. The van der Waals surface area contributed by atoms with Crippen LogP contribution in [0.4, 0.5) is 17.6 Å². The summed E-state index contributed by atoms with van der Waals surface area (Å²) in [6.07, 6.45) is -1.84. The molecule has 2 aromatic carbocycles. The molecular formula is C31H32ClF4NO4. The summed E-state index contributed by atoms with van der Waals surface area (Å²) < 4.78 is 67.8. The van der Waals surface area contributed by atoms with E-state index in [0.717, 1.165) is 17.7 Å². The van der Waals surface area contributed by atoms with Crippen LogP contribution in [0.15, 0.2) is 83.6 Å². The summed E-state index contributed by atoms with van der Waals surface area (Å²) in [6, 6.07) is 14.0. The van der Waals surface area contributed by atoms with Gasteiger partial charge in [-0.2, -0.15) is 13.2 Å². The fraction of sp³-hybridized carbons (Fsp3) is 0.387. The number of likely N-dealkylation sites (tertiary alicyclic amines) is 1. The molecule has 1 fully saturated rings. The van der Waals surface area contributed by atoms with Crippen LogP contribution < -0.4 is 9.47 Å². The first-order valence-corrected chi connectivity index (χ1v) is 13.6. The van der Waals surface area contributed by atoms with Gasteiger partial charge < -0.3 is 19.5 Å². The minimum atomic E-state index is -5.25. The predicted molar refractivity (Wildman–Crippen MR) is 149 cm³/mol. The van der Waals surface area contributed by atoms with E-state index in [1.165, 1.54) is 12.0 Å². The highest BCUT2D eigenvalue weighted by molar-refractivity contribution is 6.32. The SMILES string of the molecule is CC=C1/C(=C\C2=CC(C)(F)C2(O)C(F)(F)F)CC[C@H](Oc2cc(OC)ccc2Cl)CN1C(=O)[C@@H](C)c1ccccc1. The Kier molecular flexibility index (Phi) is 8.62. The van der Waals surface area contributed by atoms with E-state index in [0.29, 0.717) is 41.1 Å². The molecule has 1 aliphatic carbocycles. The van der Waals surface area contributed by atoms with Crippen LogP contribution in [0.5, 0.6) is 11.5 Å². The first kappa shape index (κ1) is 30.7. The van der Waals surface area contributed by atoms with Gasteiger partial charge in [-0.3, -0.25) is 4.79 Å². The van der Waals surface area contributed by atoms with E-state index in [1.54, 1.807) is 38.1 Å². The predicted octanol–water partition coefficient (Wildman–Crippen LogP) is 7.31. The Morgan fingerprint density at radius 3 is 2.49 bits per heavy atom. The third-order valence-corrected chi connectivity index (χ3v) is 7.99. The minimum Gasteiger partial charge on any atom is -0.497 e. The van der Waals surface area contributed by atoms with Gasteiger partial charge in [0.05, 0.1) is 24.6 Å². The van der Waals surface area contributed by atoms with Gasteiger partial charge in [-0.15, -0.1) is 0 Å². The van der Waals surface area contributed by atoms with Gasteiger partial charge in [-0.05, 0) is 68.5 Å². The molecule has 1 N–H and O–H groups in total. The van der Waals surface area contributed by atoms with E-state index in [9.17, 15) is 27.5 Å². The lowest BCUT2D eigenvalue weighted by atomic mass is 9.67. The van der Waals surface area contributed by atoms with E-state index in [4.69, 9.17) is 21.1 Å². The number of hydrogen-bond donors (Lipinski definition) is 1. The molecule has 41 heavy (non-hydrogen) atoms. The third kappa shape index (κ3) is 5.75. The lowest BCUT2D eigenvalue weighted by molar-refractivity contribution is -0.285. The number of alkyl halides is 4. The number of halogens is 5. The maximum absolute atomic E-state index is 14.7. The first-order chi connectivity index (χ1) is 19.2. The standard InChI is InChI=1S/C31H32ClF4NO4/c1-5-26-21(15-22-17-29(3,33)30(22,39)31(34,35)36)11-12-24(41-27-16-23(40-4)13-14-25(27)32)18-37(26)28(38)19(2)20-9-7-6-8-10-20/h5-10,13-17,19,24,39H,11-12,18H2,1-4H3/b21-15-,26-5?/t19-,24-,29?,30?/m0/s1. The van der Waals surface area contributed by atoms with Gasteiger partial charge in [0.25, 0.3) is 0 Å². The summed E-state index contributed by atoms with van der Waals surface area (Å²) in [5.74, 6) is -0.0477. The first-order valence-electron chi connectivity index (χ1n) is 13.2. The summed E-state index contributed by atoms with van der Waals surface area (Å²) in [4.78, 5) is 15.4. The van der Waals surface area contributed by atoms with Crippen molar-refractivity contribution < 1.29 is 36.9 Å². The number of allylic oxidation sites excluding steroid dienone is 2. The van der Waals surface area contributed by atoms with Crippen molar-refractivity contribution in [2.45, 2.75) is 63.1 Å². The number of ether oxygens (including phenoxy) is 2. The van der Waals surface area contributed by atoms with Crippen LogP contribution in [0.3, 0.4) is 0 Å². The normalized spacial score (nSPS) is 27.6. The van der Waals surface area contributed by atoms with Crippen molar-refractivity contribution in [3.63, 3.8) is 0 Å². The van der Waals surface area contributed by atoms with Gasteiger partial charge >= 0.3 is 6.18 Å². The van der Waals surface area contributed by atoms with Gasteiger partial charge in [0, 0.05) is 11.8 Å². The second-order valence-corrected chi connectivity index (χ2v) is 10.8. The highest BCUT2D eigenvalue weighted by atomic mass is 35.5. The fourth-order valence-corrected chi connectivity index (χ4v) is 5.44. The van der Waals surface area contributed by atoms with Gasteiger partial charge in [0.2, 0.25) is 11.5 Å². The molecule has 0 bridgehead atoms. The molecule has 0 spiro atoms. The molecule has 1 aliphatic heterocycles. The van der Waals surface area contributed by atoms with Crippen molar-refractivity contribution in [2.24, 2.45) is 0 Å². The smallest absolute Gasteiger partial charge is 0.424 e. The molecular weight excluding hydrogens is 562 g/mol. The molecule has 220 valence electrons. The van der Waals surface area contributed by atoms with E-state index in [1.807, 2.05) is 30.3 Å². The number of benzene rings is 2. The number of carbonyl (C=O) groups excluding carboxylic acids is 1. The topological polar surface area (TPSA) is 59.0 Å². The zero-order valence-electron chi connectivity index (χ0n) is 23.1. The Morgan fingerprint density at radius 1 is 1.22 bits per heavy atom. The average molecular weight is 594 g/mol. The average Bonchev–Trinajstić information content (AvgIpc) is 3.11. The Morgan fingerprint density at radius 2 is 1.90 bits per heavy atom. The second-order valence-electron chi connectivity index (χ2n) is 10.4. The summed E-state index contributed by atoms with van der Waals surface area (Å²) in [7, 11) is 1.50. The molecule has 2 aromatic rings. The number of amides is 1. The fourth-order valence-electron chi connectivity index (χ4n) is 5.28. The molecule has 2 aliphatic rings. The molecule has 5 nitrogen and oxygen atoms in total. The second kappa shape index (κ2) is 11.5. The third-order valence-electron chi connectivity index (χ3n) is 7.67. The van der Waals surface area contributed by atoms with Crippen LogP contribution in [0, 0.1) is 0 Å². The maximum Gasteiger partial charge on any atom is 0.424 e. The van der Waals surface area contributed by atoms with E-state index in [-0.39, 0.29) is 18.9 Å². The summed E-state index contributed by atoms with van der Waals surface area (Å²) in [5, 5.41) is 10.8. The highest BCUT2D eigenvalue weighted by Gasteiger charge is 2.71. The Bertz CT molecular complexity index is 1390. The van der Waals surface area contributed by atoms with Crippen LogP contribution >= 0.6 is 11.6 Å². The van der Waals surface area contributed by atoms with Crippen molar-refractivity contribution in [2.75, 3.05) is 13.7 Å². The summed E-state index contributed by atoms with van der Waals surface area (Å²) >= 11 is 6.36. The number of nitrogens with zero attached hydrogens (tertiary/aromatic N) is 1. The van der Waals surface area contributed by atoms with Crippen LogP contribution in [0.2, 0.25) is 5.02 Å². The van der Waals surface area contributed by atoms with Crippen LogP contribution in [-0.2, 0) is 4.79 Å². The van der Waals surface area contributed by atoms with Crippen molar-refractivity contribution in [3.8, 4) is 11.5 Å². The van der Waals surface area contributed by atoms with Gasteiger partial charge in [0.15, 0.2) is 5.67 Å². The Balaban J connectivity index is 1.76. The minimum absolute atomic E-state index is 0.0734. The molecule has 0 saturated carbocycles. The van der Waals surface area contributed by atoms with Crippen molar-refractivity contribution in [1.82, 2.24) is 4.90 Å². The number of methoxy groups -OCH3 is 1. The largest absolute Gasteiger partial charge is 0.497 e. The van der Waals surface area contributed by atoms with Crippen molar-refractivity contribution in [1.29, 1.82) is 0 Å². The number of hydrogen-bond acceptors (Lipinski definition) is 4. The zero-order chi connectivity index (χ0) is 30.2. The number of carbonyl (C=O) groups is 1. The maximum atomic E-state index is 14.7. The van der Waals surface area contributed by atoms with Gasteiger partial charge in [-0.25, -0.2) is 4.39 Å². The number of rotatable bonds is 6. The lowest BCUT2D eigenvalue weighted by Gasteiger charge is -2.47. The zero-order valence-corrected chi connectivity index (χ0v) is 23.9. The summed E-state index contributed by atoms with van der Waals surface area (Å²) in [5.41, 5.74) is -5.81. The molecule has 4 atom stereocenters. The Hall–Kier alpha value is -3.30. The molecule has 0 aromatic heterocycles. The molecule has 2 unspecified atom stereocenters. The highest BCUT2D eigenvalue weighted by Crippen LogP contribution is 2.54. The van der Waals surface area contributed by atoms with Gasteiger partial charge in [0.1, 0.15) is 17.6 Å². The number of aliphatic hydroxyl groups is 1. The molecule has 0 radical (unpaired) electrons. The molecule has 4 rings (SSSR count). The lowest BCUT2D eigenvalue weighted by Crippen LogP contribution is -2.65. The van der Waals surface area contributed by atoms with Crippen molar-refractivity contribution >= 4 is 17.5 Å². The van der Waals surface area contributed by atoms with E-state index in [2.05, 4.69) is 0 Å². The monoisotopic (exact) mass is 593 g/mol. The molecule has 10 heteroatoms. The molecule has 1 saturated heterocycles. The van der Waals surface area contributed by atoms with Gasteiger partial charge in [-0.1, -0.05) is 54.1 Å². The summed E-state index contributed by atoms with van der Waals surface area (Å²) in [6.45, 7) is 4.18.